The second-order valence-corrected chi connectivity index (χ2v) is 7.87. The third-order valence-electron chi connectivity index (χ3n) is 5.20. The molecule has 0 saturated carbocycles. The van der Waals surface area contributed by atoms with Crippen LogP contribution in [0.4, 0.5) is 4.79 Å². The molecule has 0 bridgehead atoms. The monoisotopic (exact) mass is 404 g/mol. The molecule has 1 aromatic rings. The Kier molecular flexibility index (Phi) is 14.5. The van der Waals surface area contributed by atoms with Crippen LogP contribution < -0.4 is 10.6 Å². The maximum atomic E-state index is 12.0. The number of amides is 2. The van der Waals surface area contributed by atoms with Gasteiger partial charge in [0.05, 0.1) is 0 Å². The number of carboxylic acids is 1. The van der Waals surface area contributed by atoms with Crippen molar-refractivity contribution < 1.29 is 14.7 Å². The summed E-state index contributed by atoms with van der Waals surface area (Å²) in [5, 5.41) is 14.7. The minimum absolute atomic E-state index is 0.280. The Balaban J connectivity index is 2.00. The van der Waals surface area contributed by atoms with E-state index < -0.39 is 18.0 Å². The Morgan fingerprint density at radius 3 is 1.86 bits per heavy atom. The van der Waals surface area contributed by atoms with Gasteiger partial charge in [0, 0.05) is 13.0 Å². The van der Waals surface area contributed by atoms with Gasteiger partial charge in [0.25, 0.3) is 0 Å². The molecule has 2 amide bonds. The fraction of sp³-hybridized carbons (Fsp3) is 0.667. The second kappa shape index (κ2) is 16.9. The maximum Gasteiger partial charge on any atom is 0.326 e. The molecule has 0 spiro atoms. The average molecular weight is 405 g/mol. The summed E-state index contributed by atoms with van der Waals surface area (Å²) in [6, 6.07) is 8.01. The molecule has 1 atom stereocenters. The quantitative estimate of drug-likeness (QED) is 0.292. The van der Waals surface area contributed by atoms with Crippen LogP contribution in [-0.4, -0.2) is 29.7 Å². The van der Waals surface area contributed by atoms with Crippen molar-refractivity contribution in [1.82, 2.24) is 10.6 Å². The lowest BCUT2D eigenvalue weighted by Gasteiger charge is -2.15. The fourth-order valence-electron chi connectivity index (χ4n) is 3.43. The van der Waals surface area contributed by atoms with E-state index in [0.29, 0.717) is 6.54 Å². The van der Waals surface area contributed by atoms with Gasteiger partial charge in [-0.2, -0.15) is 0 Å². The highest BCUT2D eigenvalue weighted by atomic mass is 16.4. The summed E-state index contributed by atoms with van der Waals surface area (Å²) in [4.78, 5) is 23.3. The zero-order valence-corrected chi connectivity index (χ0v) is 18.1. The van der Waals surface area contributed by atoms with E-state index in [4.69, 9.17) is 0 Å². The van der Waals surface area contributed by atoms with Gasteiger partial charge in [-0.25, -0.2) is 9.59 Å². The number of nitrogens with one attached hydrogen (secondary N) is 2. The summed E-state index contributed by atoms with van der Waals surface area (Å²) in [7, 11) is 0. The number of carboxylic acid groups (broad SMARTS) is 1. The van der Waals surface area contributed by atoms with Gasteiger partial charge >= 0.3 is 12.0 Å². The average Bonchev–Trinajstić information content (AvgIpc) is 2.71. The van der Waals surface area contributed by atoms with Gasteiger partial charge in [0.1, 0.15) is 6.04 Å². The fourth-order valence-corrected chi connectivity index (χ4v) is 3.43. The van der Waals surface area contributed by atoms with Crippen molar-refractivity contribution in [3.8, 4) is 0 Å². The van der Waals surface area contributed by atoms with Gasteiger partial charge in [0.2, 0.25) is 0 Å². The van der Waals surface area contributed by atoms with E-state index in [9.17, 15) is 14.7 Å². The van der Waals surface area contributed by atoms with Crippen molar-refractivity contribution in [3.63, 3.8) is 0 Å². The van der Waals surface area contributed by atoms with E-state index in [0.717, 1.165) is 18.4 Å². The number of carbonyl (C=O) groups excluding carboxylic acids is 1. The van der Waals surface area contributed by atoms with Crippen molar-refractivity contribution in [2.24, 2.45) is 0 Å². The Bertz CT molecular complexity index is 548. The highest BCUT2D eigenvalue weighted by molar-refractivity contribution is 5.82. The smallest absolute Gasteiger partial charge is 0.326 e. The topological polar surface area (TPSA) is 78.4 Å². The summed E-state index contributed by atoms with van der Waals surface area (Å²) in [6.45, 7) is 2.84. The van der Waals surface area contributed by atoms with Crippen LogP contribution >= 0.6 is 0 Å². The number of benzene rings is 1. The molecular weight excluding hydrogens is 364 g/mol. The highest BCUT2D eigenvalue weighted by Gasteiger charge is 2.19. The molecule has 5 heteroatoms. The predicted molar refractivity (Wildman–Crippen MR) is 119 cm³/mol. The zero-order valence-electron chi connectivity index (χ0n) is 18.1. The summed E-state index contributed by atoms with van der Waals surface area (Å²) in [6.07, 6.45) is 15.6. The van der Waals surface area contributed by atoms with Gasteiger partial charge in [-0.05, 0) is 12.0 Å². The van der Waals surface area contributed by atoms with Gasteiger partial charge in [0.15, 0.2) is 0 Å². The van der Waals surface area contributed by atoms with E-state index in [1.54, 1.807) is 0 Å². The van der Waals surface area contributed by atoms with Crippen LogP contribution in [0.3, 0.4) is 0 Å². The number of urea groups is 1. The highest BCUT2D eigenvalue weighted by Crippen LogP contribution is 2.11. The molecule has 164 valence electrons. The van der Waals surface area contributed by atoms with Crippen LogP contribution in [0.15, 0.2) is 30.3 Å². The van der Waals surface area contributed by atoms with E-state index in [1.807, 2.05) is 30.3 Å². The van der Waals surface area contributed by atoms with Crippen molar-refractivity contribution in [2.45, 2.75) is 96.4 Å². The molecule has 29 heavy (non-hydrogen) atoms. The molecule has 1 aromatic carbocycles. The van der Waals surface area contributed by atoms with Crippen LogP contribution in [0.2, 0.25) is 0 Å². The maximum absolute atomic E-state index is 12.0. The minimum atomic E-state index is -1.02. The van der Waals surface area contributed by atoms with E-state index in [1.165, 1.54) is 64.2 Å². The Morgan fingerprint density at radius 1 is 0.828 bits per heavy atom. The van der Waals surface area contributed by atoms with Gasteiger partial charge < -0.3 is 15.7 Å². The van der Waals surface area contributed by atoms with Crippen LogP contribution in [0.25, 0.3) is 0 Å². The normalized spacial score (nSPS) is 11.8. The number of rotatable bonds is 17. The number of hydrogen-bond donors (Lipinski definition) is 3. The molecule has 0 heterocycles. The Morgan fingerprint density at radius 2 is 1.34 bits per heavy atom. The first-order chi connectivity index (χ1) is 14.1. The lowest BCUT2D eigenvalue weighted by molar-refractivity contribution is -0.139. The first-order valence-electron chi connectivity index (χ1n) is 11.4. The number of carbonyl (C=O) groups is 2. The van der Waals surface area contributed by atoms with Crippen LogP contribution in [0.1, 0.15) is 89.5 Å². The van der Waals surface area contributed by atoms with Crippen LogP contribution in [-0.2, 0) is 11.2 Å². The Hall–Kier alpha value is -2.04. The molecule has 0 aromatic heterocycles. The summed E-state index contributed by atoms with van der Waals surface area (Å²) in [5.74, 6) is -1.02. The first kappa shape index (κ1) is 25.0. The molecule has 0 saturated heterocycles. The third-order valence-corrected chi connectivity index (χ3v) is 5.20. The van der Waals surface area contributed by atoms with Crippen molar-refractivity contribution in [3.05, 3.63) is 35.9 Å². The van der Waals surface area contributed by atoms with E-state index in [-0.39, 0.29) is 6.42 Å². The molecule has 1 rings (SSSR count). The molecule has 5 nitrogen and oxygen atoms in total. The van der Waals surface area contributed by atoms with Gasteiger partial charge in [-0.15, -0.1) is 0 Å². The van der Waals surface area contributed by atoms with Crippen LogP contribution in [0.5, 0.6) is 0 Å². The standard InChI is InChI=1S/C24H40N2O3/c1-2-3-4-5-6-7-8-9-10-11-12-16-19-25-24(29)26-22(23(27)28)20-21-17-14-13-15-18-21/h13-15,17-18,22H,2-12,16,19-20H2,1H3,(H,27,28)(H2,25,26,29)/t22-/m0/s1. The lowest BCUT2D eigenvalue weighted by Crippen LogP contribution is -2.47. The lowest BCUT2D eigenvalue weighted by atomic mass is 10.1. The number of hydrogen-bond acceptors (Lipinski definition) is 2. The minimum Gasteiger partial charge on any atom is -0.480 e. The van der Waals surface area contributed by atoms with Gasteiger partial charge in [-0.1, -0.05) is 108 Å². The van der Waals surface area contributed by atoms with Gasteiger partial charge in [-0.3, -0.25) is 0 Å². The second-order valence-electron chi connectivity index (χ2n) is 7.87. The van der Waals surface area contributed by atoms with Crippen LogP contribution in [0, 0.1) is 0 Å². The molecule has 0 unspecified atom stereocenters. The summed E-state index contributed by atoms with van der Waals surface area (Å²) in [5.41, 5.74) is 0.890. The molecule has 0 radical (unpaired) electrons. The first-order valence-corrected chi connectivity index (χ1v) is 11.4. The predicted octanol–water partition coefficient (Wildman–Crippen LogP) is 5.68. The van der Waals surface area contributed by atoms with Crippen molar-refractivity contribution >= 4 is 12.0 Å². The molecular formula is C24H40N2O3. The zero-order chi connectivity index (χ0) is 21.2. The Labute approximate surface area is 176 Å². The number of aliphatic carboxylic acids is 1. The molecule has 0 fully saturated rings. The van der Waals surface area contributed by atoms with Crippen molar-refractivity contribution in [2.75, 3.05) is 6.54 Å². The van der Waals surface area contributed by atoms with E-state index in [2.05, 4.69) is 17.6 Å². The van der Waals surface area contributed by atoms with Crippen molar-refractivity contribution in [1.29, 1.82) is 0 Å². The molecule has 0 aliphatic rings. The SMILES string of the molecule is CCCCCCCCCCCCCCNC(=O)N[C@@H](Cc1ccccc1)C(=O)O. The summed E-state index contributed by atoms with van der Waals surface area (Å²) >= 11 is 0. The molecule has 0 aliphatic heterocycles. The summed E-state index contributed by atoms with van der Waals surface area (Å²) < 4.78 is 0. The molecule has 0 aliphatic carbocycles. The third kappa shape index (κ3) is 13.7. The van der Waals surface area contributed by atoms with E-state index >= 15 is 0 Å². The molecule has 3 N–H and O–H groups in total. The number of unbranched alkanes of at least 4 members (excludes halogenated alkanes) is 11. The largest absolute Gasteiger partial charge is 0.480 e.